The zero-order chi connectivity index (χ0) is 48.6. The SMILES string of the molecule is COc1ccc(C(OC[C@H]2O[C@@H](n3cnc4c(NC(=O)c5ccccc5)ncnc43)[C@H](O[Si](C)(C)C(C)(C)C)[C@@H]2OP(OCCC#N)N(C(C)C)C(C)C)(c2ccccc2)c2ccccc2)cc1. The second-order valence-corrected chi connectivity index (χ2v) is 25.0. The number of methoxy groups -OCH3 is 1. The number of rotatable bonds is 20. The minimum atomic E-state index is -2.64. The lowest BCUT2D eigenvalue weighted by molar-refractivity contribution is -0.0926. The van der Waals surface area contributed by atoms with Gasteiger partial charge in [0.2, 0.25) is 0 Å². The van der Waals surface area contributed by atoms with Gasteiger partial charge in [-0.2, -0.15) is 5.26 Å². The van der Waals surface area contributed by atoms with E-state index in [0.29, 0.717) is 22.5 Å². The Labute approximate surface area is 403 Å². The van der Waals surface area contributed by atoms with Gasteiger partial charge in [0.25, 0.3) is 14.4 Å². The van der Waals surface area contributed by atoms with Crippen molar-refractivity contribution in [1.82, 2.24) is 24.2 Å². The maximum absolute atomic E-state index is 13.4. The van der Waals surface area contributed by atoms with Crippen molar-refractivity contribution in [2.75, 3.05) is 25.6 Å². The van der Waals surface area contributed by atoms with Gasteiger partial charge in [-0.1, -0.05) is 112 Å². The molecule has 1 fully saturated rings. The first-order valence-corrected chi connectivity index (χ1v) is 27.1. The molecule has 7 rings (SSSR count). The van der Waals surface area contributed by atoms with Gasteiger partial charge in [0, 0.05) is 17.6 Å². The standard InChI is InChI=1S/C52H64N7O7PSi/c1-36(2)59(37(3)4)67(63-32-20-31-53)65-45-43(33-62-52(39-23-16-12-17-24-39,40-25-18-13-19-26-40)41-27-29-42(61-8)30-28-41)64-50(46(45)66-68(9,10)51(5,6)7)58-35-56-44-47(54-34-55-48(44)58)57-49(60)38-21-14-11-15-22-38/h11-19,21-30,34-37,43,45-46,50H,20,32-33H2,1-10H3,(H,54,55,57,60)/t43-,45-,46-,50-,67?/m1/s1. The molecule has 3 heterocycles. The molecule has 14 nitrogen and oxygen atoms in total. The molecule has 0 spiro atoms. The third-order valence-corrected chi connectivity index (χ3v) is 19.2. The molecule has 0 bridgehead atoms. The summed E-state index contributed by atoms with van der Waals surface area (Å²) in [5.74, 6) is 0.640. The first kappa shape index (κ1) is 50.5. The minimum Gasteiger partial charge on any atom is -0.497 e. The number of nitrogens with one attached hydrogen (secondary N) is 1. The monoisotopic (exact) mass is 957 g/mol. The summed E-state index contributed by atoms with van der Waals surface area (Å²) in [6.45, 7) is 19.6. The molecule has 358 valence electrons. The quantitative estimate of drug-likeness (QED) is 0.0335. The number of amides is 1. The maximum atomic E-state index is 13.4. The highest BCUT2D eigenvalue weighted by atomic mass is 31.2. The van der Waals surface area contributed by atoms with Crippen LogP contribution in [0.5, 0.6) is 5.75 Å². The van der Waals surface area contributed by atoms with E-state index in [1.165, 1.54) is 6.33 Å². The fraction of sp³-hybridized carbons (Fsp3) is 0.404. The number of fused-ring (bicyclic) bond motifs is 1. The Balaban J connectivity index is 1.40. The van der Waals surface area contributed by atoms with Gasteiger partial charge in [0.05, 0.1) is 39.1 Å². The number of carbonyl (C=O) groups is 1. The molecule has 0 radical (unpaired) electrons. The van der Waals surface area contributed by atoms with E-state index in [0.717, 1.165) is 16.7 Å². The summed E-state index contributed by atoms with van der Waals surface area (Å²) in [4.78, 5) is 27.4. The van der Waals surface area contributed by atoms with E-state index in [9.17, 15) is 10.1 Å². The number of nitrogens with zero attached hydrogens (tertiary/aromatic N) is 6. The lowest BCUT2D eigenvalue weighted by Crippen LogP contribution is -2.50. The number of carbonyl (C=O) groups excluding carboxylic acids is 1. The molecular formula is C52H64N7O7PSi. The van der Waals surface area contributed by atoms with E-state index in [1.54, 1.807) is 37.7 Å². The number of anilines is 1. The van der Waals surface area contributed by atoms with Crippen molar-refractivity contribution < 1.29 is 32.5 Å². The number of ether oxygens (including phenoxy) is 3. The van der Waals surface area contributed by atoms with Crippen LogP contribution in [0.1, 0.15) is 88.2 Å². The van der Waals surface area contributed by atoms with Crippen LogP contribution < -0.4 is 10.1 Å². The molecule has 0 saturated carbocycles. The summed E-state index contributed by atoms with van der Waals surface area (Å²) in [6, 6.07) is 39.5. The lowest BCUT2D eigenvalue weighted by Gasteiger charge is -2.42. The van der Waals surface area contributed by atoms with Crippen molar-refractivity contribution in [3.63, 3.8) is 0 Å². The molecule has 1 amide bonds. The molecule has 6 aromatic rings. The summed E-state index contributed by atoms with van der Waals surface area (Å²) in [5, 5.41) is 12.4. The van der Waals surface area contributed by atoms with Crippen LogP contribution in [0.4, 0.5) is 5.82 Å². The lowest BCUT2D eigenvalue weighted by atomic mass is 9.80. The van der Waals surface area contributed by atoms with Crippen molar-refractivity contribution in [1.29, 1.82) is 5.26 Å². The van der Waals surface area contributed by atoms with E-state index in [-0.39, 0.29) is 48.5 Å². The average Bonchev–Trinajstić information content (AvgIpc) is 3.90. The number of aromatic nitrogens is 4. The Kier molecular flexibility index (Phi) is 16.3. The van der Waals surface area contributed by atoms with Gasteiger partial charge in [-0.05, 0) is 86.8 Å². The Morgan fingerprint density at radius 2 is 1.44 bits per heavy atom. The smallest absolute Gasteiger partial charge is 0.259 e. The van der Waals surface area contributed by atoms with Crippen LogP contribution in [0, 0.1) is 11.3 Å². The van der Waals surface area contributed by atoms with Crippen LogP contribution in [0.2, 0.25) is 18.1 Å². The number of imidazole rings is 1. The van der Waals surface area contributed by atoms with Gasteiger partial charge in [-0.3, -0.25) is 9.36 Å². The highest BCUT2D eigenvalue weighted by molar-refractivity contribution is 7.44. The van der Waals surface area contributed by atoms with Crippen LogP contribution >= 0.6 is 8.53 Å². The van der Waals surface area contributed by atoms with Gasteiger partial charge in [-0.15, -0.1) is 0 Å². The van der Waals surface area contributed by atoms with E-state index in [2.05, 4.69) is 107 Å². The first-order chi connectivity index (χ1) is 32.6. The van der Waals surface area contributed by atoms with Crippen molar-refractivity contribution in [3.8, 4) is 11.8 Å². The fourth-order valence-corrected chi connectivity index (χ4v) is 11.3. The van der Waals surface area contributed by atoms with Gasteiger partial charge in [0.1, 0.15) is 36.0 Å². The van der Waals surface area contributed by atoms with E-state index >= 15 is 0 Å². The Bertz CT molecular complexity index is 2560. The number of hydrogen-bond acceptors (Lipinski definition) is 12. The summed E-state index contributed by atoms with van der Waals surface area (Å²) in [6.07, 6.45) is 0.0693. The van der Waals surface area contributed by atoms with E-state index in [1.807, 2.05) is 71.3 Å². The summed E-state index contributed by atoms with van der Waals surface area (Å²) >= 11 is 0. The van der Waals surface area contributed by atoms with Crippen LogP contribution in [-0.4, -0.2) is 89.1 Å². The fourth-order valence-electron chi connectivity index (χ4n) is 8.26. The van der Waals surface area contributed by atoms with Gasteiger partial charge >= 0.3 is 0 Å². The topological polar surface area (TPSA) is 155 Å². The second-order valence-electron chi connectivity index (χ2n) is 18.8. The first-order valence-electron chi connectivity index (χ1n) is 23.1. The van der Waals surface area contributed by atoms with Crippen LogP contribution in [0.15, 0.2) is 128 Å². The Morgan fingerprint density at radius 1 is 0.853 bits per heavy atom. The highest BCUT2D eigenvalue weighted by Crippen LogP contribution is 2.53. The predicted octanol–water partition coefficient (Wildman–Crippen LogP) is 11.0. The van der Waals surface area contributed by atoms with Crippen molar-refractivity contribution in [3.05, 3.63) is 150 Å². The third kappa shape index (κ3) is 10.9. The van der Waals surface area contributed by atoms with Crippen LogP contribution in [0.3, 0.4) is 0 Å². The molecule has 2 aromatic heterocycles. The molecular weight excluding hydrogens is 894 g/mol. The van der Waals surface area contributed by atoms with Crippen molar-refractivity contribution in [2.45, 2.75) is 115 Å². The van der Waals surface area contributed by atoms with Crippen molar-refractivity contribution in [2.24, 2.45) is 0 Å². The summed E-state index contributed by atoms with van der Waals surface area (Å²) < 4.78 is 46.1. The van der Waals surface area contributed by atoms with Gasteiger partial charge < -0.3 is 33.0 Å². The zero-order valence-corrected chi connectivity index (χ0v) is 42.6. The normalized spacial score (nSPS) is 18.3. The third-order valence-electron chi connectivity index (χ3n) is 12.6. The summed E-state index contributed by atoms with van der Waals surface area (Å²) in [5.41, 5.74) is 2.85. The largest absolute Gasteiger partial charge is 0.497 e. The average molecular weight is 958 g/mol. The van der Waals surface area contributed by atoms with Gasteiger partial charge in [-0.25, -0.2) is 19.6 Å². The van der Waals surface area contributed by atoms with E-state index < -0.39 is 47.0 Å². The molecule has 5 atom stereocenters. The molecule has 1 unspecified atom stereocenters. The van der Waals surface area contributed by atoms with E-state index in [4.69, 9.17) is 37.7 Å². The predicted molar refractivity (Wildman–Crippen MR) is 267 cm³/mol. The summed E-state index contributed by atoms with van der Waals surface area (Å²) in [7, 11) is -2.79. The van der Waals surface area contributed by atoms with Gasteiger partial charge in [0.15, 0.2) is 31.5 Å². The molecule has 1 N–H and O–H groups in total. The number of nitriles is 1. The van der Waals surface area contributed by atoms with Crippen molar-refractivity contribution >= 4 is 39.7 Å². The Morgan fingerprint density at radius 3 is 2.00 bits per heavy atom. The molecule has 0 aliphatic carbocycles. The molecule has 16 heteroatoms. The molecule has 1 saturated heterocycles. The molecule has 4 aromatic carbocycles. The number of benzene rings is 4. The second kappa shape index (κ2) is 21.9. The molecule has 1 aliphatic heterocycles. The molecule has 68 heavy (non-hydrogen) atoms. The maximum Gasteiger partial charge on any atom is 0.259 e. The highest BCUT2D eigenvalue weighted by Gasteiger charge is 2.54. The number of hydrogen-bond donors (Lipinski definition) is 1. The minimum absolute atomic E-state index is 0.0217. The zero-order valence-electron chi connectivity index (χ0n) is 40.7. The van der Waals surface area contributed by atoms with Crippen LogP contribution in [0.25, 0.3) is 11.2 Å². The molecule has 1 aliphatic rings. The van der Waals surface area contributed by atoms with Crippen LogP contribution in [-0.2, 0) is 28.5 Å². The Hall–Kier alpha value is -5.40.